The number of pyridine rings is 1. The molecule has 0 unspecified atom stereocenters. The molecule has 0 N–H and O–H groups in total. The first-order chi connectivity index (χ1) is 12.4. The van der Waals surface area contributed by atoms with Crippen LogP contribution in [-0.4, -0.2) is 4.98 Å². The molecule has 1 aromatic heterocycles. The molecule has 0 saturated heterocycles. The number of hydrogen-bond donors (Lipinski definition) is 0. The van der Waals surface area contributed by atoms with E-state index < -0.39 is 0 Å². The molecule has 1 aliphatic heterocycles. The average Bonchev–Trinajstić information content (AvgIpc) is 2.83. The van der Waals surface area contributed by atoms with Crippen LogP contribution in [0.2, 0.25) is 0 Å². The van der Waals surface area contributed by atoms with Crippen molar-refractivity contribution < 1.29 is 0 Å². The van der Waals surface area contributed by atoms with Gasteiger partial charge in [0.25, 0.3) is 0 Å². The molecule has 2 heteroatoms. The predicted molar refractivity (Wildman–Crippen MR) is 105 cm³/mol. The maximum Gasteiger partial charge on any atom is 0.0702 e. The van der Waals surface area contributed by atoms with Crippen LogP contribution in [0, 0.1) is 0 Å². The summed E-state index contributed by atoms with van der Waals surface area (Å²) in [6.07, 6.45) is 1.85. The van der Waals surface area contributed by atoms with Gasteiger partial charge in [0.15, 0.2) is 0 Å². The monoisotopic (exact) mass is 337 g/mol. The fourth-order valence-electron chi connectivity index (χ4n) is 3.37. The zero-order valence-electron chi connectivity index (χ0n) is 13.5. The SMILES string of the molecule is c1ccc(-c2ccc3c(c2)Sc2ccccc2-c2ccccc2-3)nc1. The first kappa shape index (κ1) is 14.5. The second kappa shape index (κ2) is 5.91. The lowest BCUT2D eigenvalue weighted by atomic mass is 9.94. The first-order valence-electron chi connectivity index (χ1n) is 8.32. The van der Waals surface area contributed by atoms with Gasteiger partial charge >= 0.3 is 0 Å². The van der Waals surface area contributed by atoms with Gasteiger partial charge in [-0.15, -0.1) is 0 Å². The summed E-state index contributed by atoms with van der Waals surface area (Å²) in [5, 5.41) is 0. The Bertz CT molecular complexity index is 1070. The van der Waals surface area contributed by atoms with Crippen molar-refractivity contribution in [1.82, 2.24) is 4.98 Å². The van der Waals surface area contributed by atoms with Crippen LogP contribution in [0.25, 0.3) is 33.5 Å². The van der Waals surface area contributed by atoms with Crippen molar-refractivity contribution in [3.05, 3.63) is 91.1 Å². The number of hydrogen-bond acceptors (Lipinski definition) is 2. The molecule has 0 radical (unpaired) electrons. The molecule has 118 valence electrons. The normalized spacial score (nSPS) is 11.8. The number of rotatable bonds is 1. The number of fused-ring (bicyclic) bond motifs is 5. The lowest BCUT2D eigenvalue weighted by molar-refractivity contribution is 1.31. The van der Waals surface area contributed by atoms with E-state index in [1.807, 2.05) is 30.1 Å². The molecule has 0 saturated carbocycles. The van der Waals surface area contributed by atoms with Crippen molar-refractivity contribution in [2.45, 2.75) is 9.79 Å². The molecule has 25 heavy (non-hydrogen) atoms. The molecule has 5 rings (SSSR count). The summed E-state index contributed by atoms with van der Waals surface area (Å²) in [6.45, 7) is 0. The fraction of sp³-hybridized carbons (Fsp3) is 0. The average molecular weight is 337 g/mol. The molecule has 0 bridgehead atoms. The Kier molecular flexibility index (Phi) is 3.43. The second-order valence-electron chi connectivity index (χ2n) is 6.07. The van der Waals surface area contributed by atoms with Gasteiger partial charge in [-0.3, -0.25) is 4.98 Å². The third-order valence-electron chi connectivity index (χ3n) is 4.56. The predicted octanol–water partition coefficient (Wildman–Crippen LogP) is 6.55. The summed E-state index contributed by atoms with van der Waals surface area (Å²) < 4.78 is 0. The van der Waals surface area contributed by atoms with Crippen molar-refractivity contribution in [2.75, 3.05) is 0 Å². The minimum absolute atomic E-state index is 1.01. The standard InChI is InChI=1S/C23H15NS/c1-2-8-18-17(7-1)19-9-3-4-11-22(19)25-23-15-16(12-13-20(18)23)21-10-5-6-14-24-21/h1-15H. The molecule has 0 spiro atoms. The number of nitrogens with zero attached hydrogens (tertiary/aromatic N) is 1. The molecular weight excluding hydrogens is 322 g/mol. The second-order valence-corrected chi connectivity index (χ2v) is 7.15. The maximum absolute atomic E-state index is 4.50. The van der Waals surface area contributed by atoms with E-state index in [4.69, 9.17) is 0 Å². The highest BCUT2D eigenvalue weighted by Crippen LogP contribution is 2.48. The Morgan fingerprint density at radius 1 is 0.560 bits per heavy atom. The van der Waals surface area contributed by atoms with E-state index in [1.54, 1.807) is 0 Å². The van der Waals surface area contributed by atoms with Crippen molar-refractivity contribution in [1.29, 1.82) is 0 Å². The highest BCUT2D eigenvalue weighted by atomic mass is 32.2. The minimum atomic E-state index is 1.01. The van der Waals surface area contributed by atoms with Gasteiger partial charge in [0.1, 0.15) is 0 Å². The summed E-state index contributed by atoms with van der Waals surface area (Å²) in [5.41, 5.74) is 7.35. The maximum atomic E-state index is 4.50. The van der Waals surface area contributed by atoms with Crippen LogP contribution < -0.4 is 0 Å². The Morgan fingerprint density at radius 3 is 2.00 bits per heavy atom. The van der Waals surface area contributed by atoms with Crippen LogP contribution in [0.1, 0.15) is 0 Å². The lowest BCUT2D eigenvalue weighted by Crippen LogP contribution is -1.87. The van der Waals surface area contributed by atoms with E-state index in [0.717, 1.165) is 11.3 Å². The molecule has 0 atom stereocenters. The molecule has 1 nitrogen and oxygen atoms in total. The molecule has 2 heterocycles. The molecule has 4 aromatic rings. The third kappa shape index (κ3) is 2.46. The van der Waals surface area contributed by atoms with Crippen molar-refractivity contribution in [3.8, 4) is 33.5 Å². The van der Waals surface area contributed by atoms with Crippen molar-refractivity contribution in [3.63, 3.8) is 0 Å². The zero-order chi connectivity index (χ0) is 16.6. The van der Waals surface area contributed by atoms with Crippen LogP contribution >= 0.6 is 11.8 Å². The van der Waals surface area contributed by atoms with Crippen LogP contribution in [0.4, 0.5) is 0 Å². The summed E-state index contributed by atoms with van der Waals surface area (Å²) in [7, 11) is 0. The van der Waals surface area contributed by atoms with Crippen LogP contribution in [0.15, 0.2) is 101 Å². The van der Waals surface area contributed by atoms with Gasteiger partial charge in [-0.05, 0) is 46.5 Å². The van der Waals surface area contributed by atoms with Crippen LogP contribution in [0.3, 0.4) is 0 Å². The Labute approximate surface area is 151 Å². The van der Waals surface area contributed by atoms with Gasteiger partial charge in [-0.2, -0.15) is 0 Å². The summed E-state index contributed by atoms with van der Waals surface area (Å²) >= 11 is 1.84. The largest absolute Gasteiger partial charge is 0.256 e. The minimum Gasteiger partial charge on any atom is -0.256 e. The summed E-state index contributed by atoms with van der Waals surface area (Å²) in [5.74, 6) is 0. The van der Waals surface area contributed by atoms with E-state index in [-0.39, 0.29) is 0 Å². The highest BCUT2D eigenvalue weighted by Gasteiger charge is 2.19. The van der Waals surface area contributed by atoms with Gasteiger partial charge in [-0.1, -0.05) is 72.4 Å². The van der Waals surface area contributed by atoms with Crippen LogP contribution in [-0.2, 0) is 0 Å². The molecule has 0 fully saturated rings. The molecule has 1 aliphatic rings. The van der Waals surface area contributed by atoms with Crippen LogP contribution in [0.5, 0.6) is 0 Å². The summed E-state index contributed by atoms with van der Waals surface area (Å²) in [6, 6.07) is 30.0. The third-order valence-corrected chi connectivity index (χ3v) is 5.69. The van der Waals surface area contributed by atoms with Gasteiger partial charge in [0.05, 0.1) is 5.69 Å². The van der Waals surface area contributed by atoms with Gasteiger partial charge < -0.3 is 0 Å². The van der Waals surface area contributed by atoms with Gasteiger partial charge in [-0.25, -0.2) is 0 Å². The molecule has 0 amide bonds. The Hall–Kier alpha value is -2.84. The van der Waals surface area contributed by atoms with Gasteiger partial charge in [0, 0.05) is 21.6 Å². The van der Waals surface area contributed by atoms with E-state index in [1.165, 1.54) is 32.0 Å². The quantitative estimate of drug-likeness (QED) is 0.344. The summed E-state index contributed by atoms with van der Waals surface area (Å²) in [4.78, 5) is 7.08. The number of benzene rings is 3. The van der Waals surface area contributed by atoms with E-state index in [0.29, 0.717) is 0 Å². The first-order valence-corrected chi connectivity index (χ1v) is 9.14. The van der Waals surface area contributed by atoms with E-state index in [9.17, 15) is 0 Å². The Balaban J connectivity index is 1.77. The zero-order valence-corrected chi connectivity index (χ0v) is 14.3. The van der Waals surface area contributed by atoms with Crippen molar-refractivity contribution >= 4 is 11.8 Å². The van der Waals surface area contributed by atoms with E-state index >= 15 is 0 Å². The molecular formula is C23H15NS. The smallest absolute Gasteiger partial charge is 0.0702 e. The molecule has 3 aromatic carbocycles. The van der Waals surface area contributed by atoms with Crippen molar-refractivity contribution in [2.24, 2.45) is 0 Å². The lowest BCUT2D eigenvalue weighted by Gasteiger charge is -2.10. The molecule has 0 aliphatic carbocycles. The fourth-order valence-corrected chi connectivity index (χ4v) is 4.52. The topological polar surface area (TPSA) is 12.9 Å². The highest BCUT2D eigenvalue weighted by molar-refractivity contribution is 7.99. The van der Waals surface area contributed by atoms with E-state index in [2.05, 4.69) is 77.8 Å². The number of aromatic nitrogens is 1. The Morgan fingerprint density at radius 2 is 1.24 bits per heavy atom. The van der Waals surface area contributed by atoms with Gasteiger partial charge in [0.2, 0.25) is 0 Å².